The molecule has 2 heterocycles. The molecule has 1 amide bonds. The first-order valence-electron chi connectivity index (χ1n) is 5.06. The lowest BCUT2D eigenvalue weighted by molar-refractivity contribution is 0.0639. The van der Waals surface area contributed by atoms with Crippen LogP contribution in [-0.4, -0.2) is 50.8 Å². The molecule has 82 valence electrons. The van der Waals surface area contributed by atoms with Crippen LogP contribution < -0.4 is 0 Å². The van der Waals surface area contributed by atoms with Crippen molar-refractivity contribution in [3.63, 3.8) is 0 Å². The van der Waals surface area contributed by atoms with Gasteiger partial charge < -0.3 is 10.0 Å². The molecule has 1 aliphatic heterocycles. The highest BCUT2D eigenvalue weighted by Crippen LogP contribution is 2.17. The molecule has 15 heavy (non-hydrogen) atoms. The van der Waals surface area contributed by atoms with E-state index in [0.29, 0.717) is 19.0 Å². The SMILES string of the molecule is O=C(c1ncn[nH]1)N1CCC(CO)CC1. The number of nitrogens with zero attached hydrogens (tertiary/aromatic N) is 3. The lowest BCUT2D eigenvalue weighted by atomic mass is 9.98. The van der Waals surface area contributed by atoms with E-state index in [1.165, 1.54) is 6.33 Å². The maximum atomic E-state index is 11.8. The highest BCUT2D eigenvalue weighted by Gasteiger charge is 2.24. The van der Waals surface area contributed by atoms with E-state index < -0.39 is 0 Å². The fraction of sp³-hybridized carbons (Fsp3) is 0.667. The zero-order valence-electron chi connectivity index (χ0n) is 8.39. The number of rotatable bonds is 2. The van der Waals surface area contributed by atoms with Crippen LogP contribution in [0.25, 0.3) is 0 Å². The van der Waals surface area contributed by atoms with Crippen molar-refractivity contribution in [2.24, 2.45) is 5.92 Å². The van der Waals surface area contributed by atoms with Crippen LogP contribution in [0.1, 0.15) is 23.5 Å². The van der Waals surface area contributed by atoms with Gasteiger partial charge in [-0.3, -0.25) is 9.89 Å². The lowest BCUT2D eigenvalue weighted by Gasteiger charge is -2.30. The average Bonchev–Trinajstić information content (AvgIpc) is 2.82. The van der Waals surface area contributed by atoms with Gasteiger partial charge in [0.25, 0.3) is 5.91 Å². The number of amides is 1. The molecule has 1 aromatic rings. The van der Waals surface area contributed by atoms with Crippen molar-refractivity contribution in [1.29, 1.82) is 0 Å². The van der Waals surface area contributed by atoms with Gasteiger partial charge in [-0.1, -0.05) is 0 Å². The molecule has 2 rings (SSSR count). The normalized spacial score (nSPS) is 18.1. The maximum Gasteiger partial charge on any atom is 0.291 e. The predicted molar refractivity (Wildman–Crippen MR) is 52.1 cm³/mol. The summed E-state index contributed by atoms with van der Waals surface area (Å²) in [6, 6.07) is 0. The first-order valence-corrected chi connectivity index (χ1v) is 5.06. The molecule has 1 fully saturated rings. The number of aromatic nitrogens is 3. The summed E-state index contributed by atoms with van der Waals surface area (Å²) in [5, 5.41) is 15.2. The zero-order valence-corrected chi connectivity index (χ0v) is 8.39. The Kier molecular flexibility index (Phi) is 2.96. The highest BCUT2D eigenvalue weighted by atomic mass is 16.3. The number of carbonyl (C=O) groups is 1. The molecule has 1 aliphatic rings. The van der Waals surface area contributed by atoms with Gasteiger partial charge in [-0.15, -0.1) is 0 Å². The fourth-order valence-electron chi connectivity index (χ4n) is 1.78. The molecule has 0 aromatic carbocycles. The smallest absolute Gasteiger partial charge is 0.291 e. The number of piperidine rings is 1. The molecule has 0 bridgehead atoms. The predicted octanol–water partition coefficient (Wildman–Crippen LogP) is -0.351. The second-order valence-electron chi connectivity index (χ2n) is 3.75. The number of aliphatic hydroxyl groups is 1. The minimum Gasteiger partial charge on any atom is -0.396 e. The van der Waals surface area contributed by atoms with Crippen molar-refractivity contribution in [2.45, 2.75) is 12.8 Å². The summed E-state index contributed by atoms with van der Waals surface area (Å²) < 4.78 is 0. The Hall–Kier alpha value is -1.43. The second-order valence-corrected chi connectivity index (χ2v) is 3.75. The van der Waals surface area contributed by atoms with Gasteiger partial charge in [0.1, 0.15) is 6.33 Å². The summed E-state index contributed by atoms with van der Waals surface area (Å²) in [6.45, 7) is 1.58. The van der Waals surface area contributed by atoms with E-state index in [9.17, 15) is 4.79 Å². The van der Waals surface area contributed by atoms with Crippen LogP contribution in [0.2, 0.25) is 0 Å². The second kappa shape index (κ2) is 4.39. The molecule has 1 aromatic heterocycles. The van der Waals surface area contributed by atoms with Crippen molar-refractivity contribution in [3.05, 3.63) is 12.2 Å². The molecule has 6 heteroatoms. The largest absolute Gasteiger partial charge is 0.396 e. The Balaban J connectivity index is 1.93. The van der Waals surface area contributed by atoms with Gasteiger partial charge in [0.05, 0.1) is 0 Å². The molecule has 1 saturated heterocycles. The van der Waals surface area contributed by atoms with Crippen molar-refractivity contribution in [1.82, 2.24) is 20.1 Å². The van der Waals surface area contributed by atoms with Crippen molar-refractivity contribution < 1.29 is 9.90 Å². The molecule has 0 atom stereocenters. The molecule has 0 spiro atoms. The summed E-state index contributed by atoms with van der Waals surface area (Å²) in [5.74, 6) is 0.519. The number of hydrogen-bond acceptors (Lipinski definition) is 4. The third-order valence-electron chi connectivity index (χ3n) is 2.78. The summed E-state index contributed by atoms with van der Waals surface area (Å²) in [7, 11) is 0. The molecule has 0 unspecified atom stereocenters. The van der Waals surface area contributed by atoms with Crippen LogP contribution in [-0.2, 0) is 0 Å². The fourth-order valence-corrected chi connectivity index (χ4v) is 1.78. The third kappa shape index (κ3) is 2.15. The number of carbonyl (C=O) groups excluding carboxylic acids is 1. The van der Waals surface area contributed by atoms with E-state index in [0.717, 1.165) is 12.8 Å². The summed E-state index contributed by atoms with van der Waals surface area (Å²) in [6.07, 6.45) is 3.04. The highest BCUT2D eigenvalue weighted by molar-refractivity contribution is 5.90. The monoisotopic (exact) mass is 210 g/mol. The van der Waals surface area contributed by atoms with Crippen LogP contribution in [0, 0.1) is 5.92 Å². The third-order valence-corrected chi connectivity index (χ3v) is 2.78. The van der Waals surface area contributed by atoms with Gasteiger partial charge >= 0.3 is 0 Å². The number of hydrogen-bond donors (Lipinski definition) is 2. The Bertz CT molecular complexity index is 317. The Labute approximate surface area is 87.3 Å². The van der Waals surface area contributed by atoms with Gasteiger partial charge in [-0.05, 0) is 18.8 Å². The first kappa shape index (κ1) is 10.1. The summed E-state index contributed by atoms with van der Waals surface area (Å²) >= 11 is 0. The molecule has 6 nitrogen and oxygen atoms in total. The Morgan fingerprint density at radius 2 is 2.33 bits per heavy atom. The lowest BCUT2D eigenvalue weighted by Crippen LogP contribution is -2.39. The number of H-pyrrole nitrogens is 1. The molecule has 2 N–H and O–H groups in total. The minimum atomic E-state index is -0.108. The zero-order chi connectivity index (χ0) is 10.7. The van der Waals surface area contributed by atoms with E-state index in [2.05, 4.69) is 15.2 Å². The quantitative estimate of drug-likeness (QED) is 0.699. The maximum absolute atomic E-state index is 11.8. The van der Waals surface area contributed by atoms with Crippen molar-refractivity contribution >= 4 is 5.91 Å². The Morgan fingerprint density at radius 1 is 1.60 bits per heavy atom. The Morgan fingerprint density at radius 3 is 2.87 bits per heavy atom. The van der Waals surface area contributed by atoms with Gasteiger partial charge in [-0.2, -0.15) is 5.10 Å². The van der Waals surface area contributed by atoms with Crippen LogP contribution in [0.5, 0.6) is 0 Å². The topological polar surface area (TPSA) is 82.1 Å². The van der Waals surface area contributed by atoms with E-state index in [-0.39, 0.29) is 18.3 Å². The molecule has 0 radical (unpaired) electrons. The molecular formula is C9H14N4O2. The summed E-state index contributed by atoms with van der Waals surface area (Å²) in [5.41, 5.74) is 0. The van der Waals surface area contributed by atoms with Gasteiger partial charge in [-0.25, -0.2) is 4.98 Å². The number of aliphatic hydroxyl groups excluding tert-OH is 1. The van der Waals surface area contributed by atoms with Crippen molar-refractivity contribution in [2.75, 3.05) is 19.7 Å². The van der Waals surface area contributed by atoms with Gasteiger partial charge in [0.2, 0.25) is 5.82 Å². The van der Waals surface area contributed by atoms with Crippen LogP contribution in [0.15, 0.2) is 6.33 Å². The van der Waals surface area contributed by atoms with Crippen LogP contribution in [0.3, 0.4) is 0 Å². The first-order chi connectivity index (χ1) is 7.31. The van der Waals surface area contributed by atoms with Gasteiger partial charge in [0.15, 0.2) is 0 Å². The average molecular weight is 210 g/mol. The molecule has 0 saturated carbocycles. The minimum absolute atomic E-state index is 0.108. The van der Waals surface area contributed by atoms with E-state index in [4.69, 9.17) is 5.11 Å². The standard InChI is InChI=1S/C9H14N4O2/c14-5-7-1-3-13(4-2-7)9(15)8-10-6-11-12-8/h6-7,14H,1-5H2,(H,10,11,12). The van der Waals surface area contributed by atoms with Crippen molar-refractivity contribution in [3.8, 4) is 0 Å². The van der Waals surface area contributed by atoms with Crippen LogP contribution >= 0.6 is 0 Å². The van der Waals surface area contributed by atoms with Crippen LogP contribution in [0.4, 0.5) is 0 Å². The number of nitrogens with one attached hydrogen (secondary N) is 1. The number of likely N-dealkylation sites (tertiary alicyclic amines) is 1. The van der Waals surface area contributed by atoms with E-state index in [1.807, 2.05) is 0 Å². The van der Waals surface area contributed by atoms with Gasteiger partial charge in [0, 0.05) is 19.7 Å². The molecule has 0 aliphatic carbocycles. The van der Waals surface area contributed by atoms with E-state index >= 15 is 0 Å². The summed E-state index contributed by atoms with van der Waals surface area (Å²) in [4.78, 5) is 17.4. The molecular weight excluding hydrogens is 196 g/mol. The number of aromatic amines is 1. The van der Waals surface area contributed by atoms with E-state index in [1.54, 1.807) is 4.90 Å².